The summed E-state index contributed by atoms with van der Waals surface area (Å²) >= 11 is 0. The van der Waals surface area contributed by atoms with Crippen molar-refractivity contribution in [2.45, 2.75) is 32.7 Å². The van der Waals surface area contributed by atoms with Crippen molar-refractivity contribution in [3.05, 3.63) is 36.2 Å². The molecule has 0 saturated carbocycles. The van der Waals surface area contributed by atoms with Crippen LogP contribution in [-0.2, 0) is 0 Å². The highest BCUT2D eigenvalue weighted by Crippen LogP contribution is 2.27. The Morgan fingerprint density at radius 1 is 1.31 bits per heavy atom. The van der Waals surface area contributed by atoms with Crippen molar-refractivity contribution in [3.63, 3.8) is 0 Å². The van der Waals surface area contributed by atoms with Crippen LogP contribution in [0.15, 0.2) is 30.6 Å². The van der Waals surface area contributed by atoms with Gasteiger partial charge in [0, 0.05) is 17.8 Å². The van der Waals surface area contributed by atoms with Crippen molar-refractivity contribution in [2.75, 3.05) is 0 Å². The number of hydrogen-bond acceptors (Lipinski definition) is 2. The Labute approximate surface area is 96.3 Å². The number of hydrogen-bond donors (Lipinski definition) is 1. The Balaban J connectivity index is 2.39. The van der Waals surface area contributed by atoms with Crippen molar-refractivity contribution in [1.29, 1.82) is 0 Å². The first-order chi connectivity index (χ1) is 7.77. The molecular weight excluding hydrogens is 198 g/mol. The molecule has 3 nitrogen and oxygen atoms in total. The zero-order valence-corrected chi connectivity index (χ0v) is 9.93. The molecule has 2 aromatic heterocycles. The van der Waals surface area contributed by atoms with Crippen LogP contribution in [0.5, 0.6) is 0 Å². The second-order valence-electron chi connectivity index (χ2n) is 4.23. The van der Waals surface area contributed by atoms with Crippen LogP contribution in [0.1, 0.15) is 38.3 Å². The molecule has 0 spiro atoms. The van der Waals surface area contributed by atoms with Crippen molar-refractivity contribution in [3.8, 4) is 0 Å². The van der Waals surface area contributed by atoms with E-state index in [-0.39, 0.29) is 6.04 Å². The number of nitrogens with two attached hydrogens (primary N) is 1. The van der Waals surface area contributed by atoms with Gasteiger partial charge in [0.05, 0.1) is 11.7 Å². The predicted molar refractivity (Wildman–Crippen MR) is 66.2 cm³/mol. The molecule has 0 aliphatic carbocycles. The molecule has 0 aliphatic rings. The summed E-state index contributed by atoms with van der Waals surface area (Å²) in [5.41, 5.74) is 8.61. The molecule has 3 heteroatoms. The molecule has 0 aromatic carbocycles. The summed E-state index contributed by atoms with van der Waals surface area (Å²) in [5.74, 6) is 0.535. The molecular formula is C13H19N3. The van der Waals surface area contributed by atoms with Crippen LogP contribution >= 0.6 is 0 Å². The Kier molecular flexibility index (Phi) is 3.25. The van der Waals surface area contributed by atoms with E-state index < -0.39 is 0 Å². The van der Waals surface area contributed by atoms with Gasteiger partial charge in [-0.3, -0.25) is 0 Å². The molecule has 0 radical (unpaired) electrons. The maximum absolute atomic E-state index is 6.32. The third kappa shape index (κ3) is 1.83. The van der Waals surface area contributed by atoms with Gasteiger partial charge in [-0.2, -0.15) is 5.10 Å². The predicted octanol–water partition coefficient (Wildman–Crippen LogP) is 2.77. The first-order valence-corrected chi connectivity index (χ1v) is 5.95. The summed E-state index contributed by atoms with van der Waals surface area (Å²) in [6.07, 6.45) is 6.08. The van der Waals surface area contributed by atoms with E-state index in [9.17, 15) is 0 Å². The first kappa shape index (κ1) is 11.1. The molecule has 0 bridgehead atoms. The lowest BCUT2D eigenvalue weighted by Gasteiger charge is -2.20. The van der Waals surface area contributed by atoms with Crippen molar-refractivity contribution < 1.29 is 0 Å². The summed E-state index contributed by atoms with van der Waals surface area (Å²) in [6, 6.07) is 6.17. The van der Waals surface area contributed by atoms with Gasteiger partial charge in [-0.05, 0) is 18.1 Å². The van der Waals surface area contributed by atoms with Crippen molar-refractivity contribution in [2.24, 2.45) is 11.7 Å². The smallest absolute Gasteiger partial charge is 0.0709 e. The molecule has 0 fully saturated rings. The van der Waals surface area contributed by atoms with Gasteiger partial charge in [-0.25, -0.2) is 4.52 Å². The van der Waals surface area contributed by atoms with Crippen LogP contribution < -0.4 is 5.73 Å². The lowest BCUT2D eigenvalue weighted by molar-refractivity contribution is 0.407. The van der Waals surface area contributed by atoms with E-state index in [1.165, 1.54) is 0 Å². The van der Waals surface area contributed by atoms with Gasteiger partial charge in [0.15, 0.2) is 0 Å². The molecule has 16 heavy (non-hydrogen) atoms. The van der Waals surface area contributed by atoms with Crippen LogP contribution in [0.25, 0.3) is 5.52 Å². The van der Waals surface area contributed by atoms with Crippen molar-refractivity contribution in [1.82, 2.24) is 9.61 Å². The molecule has 2 heterocycles. The highest BCUT2D eigenvalue weighted by Gasteiger charge is 2.19. The van der Waals surface area contributed by atoms with Gasteiger partial charge in [0.1, 0.15) is 0 Å². The number of rotatable bonds is 4. The molecule has 1 atom stereocenters. The largest absolute Gasteiger partial charge is 0.324 e. The summed E-state index contributed by atoms with van der Waals surface area (Å²) < 4.78 is 1.89. The average molecular weight is 217 g/mol. The molecule has 1 unspecified atom stereocenters. The lowest BCUT2D eigenvalue weighted by Crippen LogP contribution is -2.20. The number of fused-ring (bicyclic) bond motifs is 1. The molecule has 2 N–H and O–H groups in total. The van der Waals surface area contributed by atoms with Gasteiger partial charge >= 0.3 is 0 Å². The monoisotopic (exact) mass is 217 g/mol. The fraction of sp³-hybridized carbons (Fsp3) is 0.462. The Morgan fingerprint density at radius 3 is 2.75 bits per heavy atom. The molecule has 0 aliphatic heterocycles. The van der Waals surface area contributed by atoms with Gasteiger partial charge in [-0.1, -0.05) is 32.8 Å². The lowest BCUT2D eigenvalue weighted by atomic mass is 9.90. The normalized spacial score (nSPS) is 13.5. The summed E-state index contributed by atoms with van der Waals surface area (Å²) in [5, 5.41) is 4.33. The SMILES string of the molecule is CCC(CC)C(N)c1cnn2ccccc12. The summed E-state index contributed by atoms with van der Waals surface area (Å²) in [7, 11) is 0. The third-order valence-electron chi connectivity index (χ3n) is 3.37. The number of nitrogens with zero attached hydrogens (tertiary/aromatic N) is 2. The molecule has 0 amide bonds. The first-order valence-electron chi connectivity index (χ1n) is 5.95. The standard InChI is InChI=1S/C13H19N3/c1-3-10(4-2)13(14)11-9-15-16-8-6-5-7-12(11)16/h5-10,13H,3-4,14H2,1-2H3. The maximum atomic E-state index is 6.32. The second kappa shape index (κ2) is 4.66. The molecule has 2 aromatic rings. The molecule has 2 rings (SSSR count). The van der Waals surface area contributed by atoms with Crippen LogP contribution in [-0.4, -0.2) is 9.61 Å². The minimum absolute atomic E-state index is 0.0925. The minimum atomic E-state index is 0.0925. The van der Waals surface area contributed by atoms with E-state index in [0.717, 1.165) is 23.9 Å². The second-order valence-corrected chi connectivity index (χ2v) is 4.23. The molecule has 86 valence electrons. The topological polar surface area (TPSA) is 43.3 Å². The van der Waals surface area contributed by atoms with Crippen LogP contribution in [0.4, 0.5) is 0 Å². The van der Waals surface area contributed by atoms with E-state index in [2.05, 4.69) is 25.0 Å². The molecule has 0 saturated heterocycles. The number of pyridine rings is 1. The van der Waals surface area contributed by atoms with E-state index in [0.29, 0.717) is 5.92 Å². The zero-order valence-electron chi connectivity index (χ0n) is 9.93. The van der Waals surface area contributed by atoms with E-state index in [4.69, 9.17) is 5.73 Å². The third-order valence-corrected chi connectivity index (χ3v) is 3.37. The Hall–Kier alpha value is -1.35. The van der Waals surface area contributed by atoms with E-state index >= 15 is 0 Å². The average Bonchev–Trinajstić information content (AvgIpc) is 2.74. The summed E-state index contributed by atoms with van der Waals surface area (Å²) in [6.45, 7) is 4.39. The highest BCUT2D eigenvalue weighted by atomic mass is 15.2. The van der Waals surface area contributed by atoms with Gasteiger partial charge < -0.3 is 5.73 Å². The van der Waals surface area contributed by atoms with Crippen LogP contribution in [0.3, 0.4) is 0 Å². The fourth-order valence-corrected chi connectivity index (χ4v) is 2.26. The quantitative estimate of drug-likeness (QED) is 0.855. The number of aromatic nitrogens is 2. The van der Waals surface area contributed by atoms with Crippen LogP contribution in [0.2, 0.25) is 0 Å². The maximum Gasteiger partial charge on any atom is 0.0709 e. The highest BCUT2D eigenvalue weighted by molar-refractivity contribution is 5.54. The fourth-order valence-electron chi connectivity index (χ4n) is 2.26. The zero-order chi connectivity index (χ0) is 11.5. The van der Waals surface area contributed by atoms with Gasteiger partial charge in [-0.15, -0.1) is 0 Å². The van der Waals surface area contributed by atoms with Gasteiger partial charge in [0.25, 0.3) is 0 Å². The van der Waals surface area contributed by atoms with Gasteiger partial charge in [0.2, 0.25) is 0 Å². The van der Waals surface area contributed by atoms with E-state index in [1.54, 1.807) is 0 Å². The Morgan fingerprint density at radius 2 is 2.06 bits per heavy atom. The minimum Gasteiger partial charge on any atom is -0.324 e. The van der Waals surface area contributed by atoms with E-state index in [1.807, 2.05) is 29.0 Å². The van der Waals surface area contributed by atoms with Crippen LogP contribution in [0, 0.1) is 5.92 Å². The van der Waals surface area contributed by atoms with Crippen molar-refractivity contribution >= 4 is 5.52 Å². The summed E-state index contributed by atoms with van der Waals surface area (Å²) in [4.78, 5) is 0. The Bertz CT molecular complexity index is 457.